The second-order valence-electron chi connectivity index (χ2n) is 6.92. The molecule has 4 rings (SSSR count). The molecule has 1 aliphatic heterocycles. The smallest absolute Gasteiger partial charge is 0.336 e. The molecular weight excluding hydrogens is 424 g/mol. The molecule has 0 fully saturated rings. The molecule has 0 saturated heterocycles. The van der Waals surface area contributed by atoms with Gasteiger partial charge in [-0.15, -0.1) is 11.3 Å². The second kappa shape index (κ2) is 7.74. The molecule has 2 aromatic heterocycles. The van der Waals surface area contributed by atoms with Crippen molar-refractivity contribution < 1.29 is 19.1 Å². The van der Waals surface area contributed by atoms with Crippen LogP contribution in [0.25, 0.3) is 20.3 Å². The molecule has 0 aliphatic carbocycles. The van der Waals surface area contributed by atoms with E-state index in [4.69, 9.17) is 21.1 Å². The molecule has 3 heterocycles. The monoisotopic (exact) mass is 442 g/mol. The minimum atomic E-state index is -0.763. The Labute approximate surface area is 182 Å². The third kappa shape index (κ3) is 3.05. The van der Waals surface area contributed by atoms with E-state index in [1.165, 1.54) is 25.6 Å². The molecule has 3 aromatic rings. The van der Waals surface area contributed by atoms with E-state index in [1.807, 2.05) is 24.3 Å². The van der Waals surface area contributed by atoms with Gasteiger partial charge in [0.05, 0.1) is 46.5 Å². The second-order valence-corrected chi connectivity index (χ2v) is 8.35. The summed E-state index contributed by atoms with van der Waals surface area (Å²) < 4.78 is 11.9. The molecule has 0 spiro atoms. The van der Waals surface area contributed by atoms with E-state index in [0.717, 1.165) is 20.3 Å². The summed E-state index contributed by atoms with van der Waals surface area (Å²) in [6.45, 7) is 3.52. The molecule has 1 aromatic carbocycles. The van der Waals surface area contributed by atoms with E-state index in [-0.39, 0.29) is 0 Å². The number of halogens is 1. The Morgan fingerprint density at radius 1 is 1.07 bits per heavy atom. The topological polar surface area (TPSA) is 77.5 Å². The fourth-order valence-corrected chi connectivity index (χ4v) is 5.37. The van der Waals surface area contributed by atoms with Gasteiger partial charge in [0, 0.05) is 33.2 Å². The number of benzene rings is 1. The van der Waals surface area contributed by atoms with Gasteiger partial charge in [0.25, 0.3) is 0 Å². The highest BCUT2D eigenvalue weighted by Gasteiger charge is 2.39. The van der Waals surface area contributed by atoms with Crippen molar-refractivity contribution in [1.82, 2.24) is 10.3 Å². The minimum Gasteiger partial charge on any atom is -0.466 e. The maximum absolute atomic E-state index is 12.7. The highest BCUT2D eigenvalue weighted by molar-refractivity contribution is 7.26. The van der Waals surface area contributed by atoms with Crippen LogP contribution in [0.15, 0.2) is 53.0 Å². The van der Waals surface area contributed by atoms with E-state index >= 15 is 0 Å². The first-order chi connectivity index (χ1) is 14.4. The highest BCUT2D eigenvalue weighted by Crippen LogP contribution is 2.45. The predicted octanol–water partition coefficient (Wildman–Crippen LogP) is 4.68. The van der Waals surface area contributed by atoms with Crippen molar-refractivity contribution in [1.29, 1.82) is 0 Å². The van der Waals surface area contributed by atoms with Crippen molar-refractivity contribution in [3.63, 3.8) is 0 Å². The van der Waals surface area contributed by atoms with Crippen LogP contribution in [0.3, 0.4) is 0 Å². The van der Waals surface area contributed by atoms with E-state index < -0.39 is 17.9 Å². The predicted molar refractivity (Wildman–Crippen MR) is 117 cm³/mol. The van der Waals surface area contributed by atoms with Crippen molar-refractivity contribution in [2.45, 2.75) is 19.8 Å². The molecule has 0 atom stereocenters. The Bertz CT molecular complexity index is 1240. The Morgan fingerprint density at radius 2 is 1.67 bits per heavy atom. The summed E-state index contributed by atoms with van der Waals surface area (Å²) in [4.78, 5) is 30.0. The summed E-state index contributed by atoms with van der Waals surface area (Å²) in [7, 11) is 2.61. The number of fused-ring (bicyclic) bond motifs is 3. The van der Waals surface area contributed by atoms with Gasteiger partial charge < -0.3 is 14.8 Å². The van der Waals surface area contributed by atoms with Crippen molar-refractivity contribution in [2.24, 2.45) is 0 Å². The molecule has 0 radical (unpaired) electrons. The molecular formula is C22H19ClN2O4S. The zero-order valence-corrected chi connectivity index (χ0v) is 18.4. The van der Waals surface area contributed by atoms with Crippen LogP contribution in [-0.2, 0) is 19.1 Å². The Hall–Kier alpha value is -2.90. The number of dihydropyridines is 1. The van der Waals surface area contributed by atoms with Gasteiger partial charge in [-0.05, 0) is 19.9 Å². The molecule has 154 valence electrons. The maximum atomic E-state index is 12.7. The number of carbonyl (C=O) groups is 2. The molecule has 6 nitrogen and oxygen atoms in total. The fraction of sp³-hybridized carbons (Fsp3) is 0.227. The molecule has 30 heavy (non-hydrogen) atoms. The molecule has 1 aliphatic rings. The van der Waals surface area contributed by atoms with Gasteiger partial charge in [-0.1, -0.05) is 29.8 Å². The third-order valence-corrected chi connectivity index (χ3v) is 6.93. The van der Waals surface area contributed by atoms with E-state index in [1.54, 1.807) is 20.0 Å². The summed E-state index contributed by atoms with van der Waals surface area (Å²) in [6.07, 6.45) is 1.63. The SMILES string of the molecule is COC(=O)C1=C(C)NC(C)=C(C(=O)OC)C1c1cnc2c(sc3ccccc32)c1Cl. The number of pyridine rings is 1. The fourth-order valence-electron chi connectivity index (χ4n) is 3.90. The molecule has 8 heteroatoms. The van der Waals surface area contributed by atoms with Crippen LogP contribution in [0, 0.1) is 0 Å². The van der Waals surface area contributed by atoms with Gasteiger partial charge >= 0.3 is 11.9 Å². The zero-order chi connectivity index (χ0) is 21.6. The van der Waals surface area contributed by atoms with E-state index in [9.17, 15) is 9.59 Å². The average Bonchev–Trinajstić information content (AvgIpc) is 3.12. The number of hydrogen-bond acceptors (Lipinski definition) is 7. The van der Waals surface area contributed by atoms with Gasteiger partial charge in [0.15, 0.2) is 0 Å². The van der Waals surface area contributed by atoms with Gasteiger partial charge in [-0.3, -0.25) is 4.98 Å². The number of allylic oxidation sites excluding steroid dienone is 2. The van der Waals surface area contributed by atoms with Crippen LogP contribution in [0.5, 0.6) is 0 Å². The van der Waals surface area contributed by atoms with Crippen molar-refractivity contribution >= 4 is 55.2 Å². The summed E-state index contributed by atoms with van der Waals surface area (Å²) in [5.41, 5.74) is 3.12. The van der Waals surface area contributed by atoms with Crippen molar-refractivity contribution in [3.05, 3.63) is 63.6 Å². The first-order valence-electron chi connectivity index (χ1n) is 9.19. The molecule has 1 N–H and O–H groups in total. The number of esters is 2. The number of thiophene rings is 1. The lowest BCUT2D eigenvalue weighted by molar-refractivity contribution is -0.137. The normalized spacial score (nSPS) is 15.0. The highest BCUT2D eigenvalue weighted by atomic mass is 35.5. The van der Waals surface area contributed by atoms with E-state index in [2.05, 4.69) is 10.3 Å². The lowest BCUT2D eigenvalue weighted by Gasteiger charge is -2.30. The van der Waals surface area contributed by atoms with Crippen LogP contribution in [0.2, 0.25) is 5.02 Å². The lowest BCUT2D eigenvalue weighted by atomic mass is 9.81. The van der Waals surface area contributed by atoms with Gasteiger partial charge in [0.1, 0.15) is 0 Å². The number of rotatable bonds is 3. The van der Waals surface area contributed by atoms with Crippen LogP contribution in [0.4, 0.5) is 0 Å². The number of aromatic nitrogens is 1. The van der Waals surface area contributed by atoms with Crippen LogP contribution in [-0.4, -0.2) is 31.1 Å². The average molecular weight is 443 g/mol. The van der Waals surface area contributed by atoms with Crippen LogP contribution in [0.1, 0.15) is 25.3 Å². The quantitative estimate of drug-likeness (QED) is 0.593. The third-order valence-electron chi connectivity index (χ3n) is 5.24. The van der Waals surface area contributed by atoms with Crippen molar-refractivity contribution in [3.8, 4) is 0 Å². The van der Waals surface area contributed by atoms with Crippen LogP contribution < -0.4 is 5.32 Å². The number of carbonyl (C=O) groups excluding carboxylic acids is 2. The lowest BCUT2D eigenvalue weighted by Crippen LogP contribution is -2.32. The first kappa shape index (κ1) is 20.4. The Balaban J connectivity index is 2.02. The number of methoxy groups -OCH3 is 2. The summed E-state index contributed by atoms with van der Waals surface area (Å²) >= 11 is 8.39. The minimum absolute atomic E-state index is 0.299. The zero-order valence-electron chi connectivity index (χ0n) is 16.8. The molecule has 0 saturated carbocycles. The van der Waals surface area contributed by atoms with E-state index in [0.29, 0.717) is 33.1 Å². The van der Waals surface area contributed by atoms with Gasteiger partial charge in [-0.25, -0.2) is 9.59 Å². The summed E-state index contributed by atoms with van der Waals surface area (Å²) in [5, 5.41) is 4.55. The molecule has 0 bridgehead atoms. The standard InChI is InChI=1S/C22H19ClN2O4S/c1-10-15(21(26)28-3)17(16(11(2)25-10)22(27)29-4)13-9-24-19-12-7-5-6-8-14(12)30-20(19)18(13)23/h5-9,17,25H,1-4H3. The van der Waals surface area contributed by atoms with Crippen molar-refractivity contribution in [2.75, 3.05) is 14.2 Å². The van der Waals surface area contributed by atoms with Gasteiger partial charge in [0.2, 0.25) is 0 Å². The number of hydrogen-bond donors (Lipinski definition) is 1. The first-order valence-corrected chi connectivity index (χ1v) is 10.4. The molecule has 0 amide bonds. The summed E-state index contributed by atoms with van der Waals surface area (Å²) in [6, 6.07) is 7.92. The Kier molecular flexibility index (Phi) is 5.26. The number of nitrogens with one attached hydrogen (secondary N) is 1. The number of ether oxygens (including phenoxy) is 2. The largest absolute Gasteiger partial charge is 0.466 e. The van der Waals surface area contributed by atoms with Crippen LogP contribution >= 0.6 is 22.9 Å². The maximum Gasteiger partial charge on any atom is 0.336 e. The Morgan fingerprint density at radius 3 is 2.27 bits per heavy atom. The molecule has 0 unspecified atom stereocenters. The number of nitrogens with zero attached hydrogens (tertiary/aromatic N) is 1. The van der Waals surface area contributed by atoms with Gasteiger partial charge in [-0.2, -0.15) is 0 Å². The summed E-state index contributed by atoms with van der Waals surface area (Å²) in [5.74, 6) is -1.86.